The standard InChI is InChI=1S/C17H26N4O6S2/c1-15(18-28(23,24)16-5-3-2-4-6-16)17(22)19-7-9-20(10-8-19)29(25,26)21-11-13-27-14-12-21/h2-6,15,18H,7-14H2,1H3/t15-/m0/s1. The van der Waals surface area contributed by atoms with Gasteiger partial charge in [0.1, 0.15) is 0 Å². The first-order valence-electron chi connectivity index (χ1n) is 9.41. The van der Waals surface area contributed by atoms with Crippen LogP contribution < -0.4 is 4.72 Å². The van der Waals surface area contributed by atoms with Gasteiger partial charge in [-0.3, -0.25) is 4.79 Å². The lowest BCUT2D eigenvalue weighted by molar-refractivity contribution is -0.133. The van der Waals surface area contributed by atoms with Crippen molar-refractivity contribution in [1.82, 2.24) is 18.2 Å². The van der Waals surface area contributed by atoms with Crippen molar-refractivity contribution >= 4 is 26.1 Å². The molecular formula is C17H26N4O6S2. The van der Waals surface area contributed by atoms with Gasteiger partial charge in [0.15, 0.2) is 0 Å². The van der Waals surface area contributed by atoms with Gasteiger partial charge in [-0.1, -0.05) is 18.2 Å². The van der Waals surface area contributed by atoms with E-state index in [1.807, 2.05) is 0 Å². The second kappa shape index (κ2) is 9.06. The Balaban J connectivity index is 1.57. The molecule has 0 radical (unpaired) electrons. The molecule has 1 atom stereocenters. The molecule has 1 aromatic carbocycles. The number of piperazine rings is 1. The summed E-state index contributed by atoms with van der Waals surface area (Å²) in [6.07, 6.45) is 0. The van der Waals surface area contributed by atoms with Crippen LogP contribution in [0.2, 0.25) is 0 Å². The predicted octanol–water partition coefficient (Wildman–Crippen LogP) is -0.925. The Labute approximate surface area is 171 Å². The Bertz CT molecular complexity index is 909. The SMILES string of the molecule is C[C@H](NS(=O)(=O)c1ccccc1)C(=O)N1CCN(S(=O)(=O)N2CCOCC2)CC1. The highest BCUT2D eigenvalue weighted by atomic mass is 32.2. The second-order valence-corrected chi connectivity index (χ2v) is 10.5. The molecule has 2 fully saturated rings. The normalized spacial score (nSPS) is 21.1. The molecule has 0 saturated carbocycles. The van der Waals surface area contributed by atoms with Crippen LogP contribution in [-0.4, -0.2) is 94.8 Å². The third kappa shape index (κ3) is 5.13. The van der Waals surface area contributed by atoms with E-state index in [0.29, 0.717) is 26.3 Å². The molecule has 1 aromatic rings. The summed E-state index contributed by atoms with van der Waals surface area (Å²) < 4.78 is 60.5. The molecule has 12 heteroatoms. The highest BCUT2D eigenvalue weighted by Crippen LogP contribution is 2.15. The van der Waals surface area contributed by atoms with E-state index in [2.05, 4.69) is 4.72 Å². The molecule has 0 spiro atoms. The van der Waals surface area contributed by atoms with Gasteiger partial charge in [0.2, 0.25) is 15.9 Å². The molecule has 0 aromatic heterocycles. The Hall–Kier alpha value is -1.57. The molecule has 0 aliphatic carbocycles. The van der Waals surface area contributed by atoms with Gasteiger partial charge >= 0.3 is 0 Å². The summed E-state index contributed by atoms with van der Waals surface area (Å²) in [6.45, 7) is 3.62. The monoisotopic (exact) mass is 446 g/mol. The molecule has 10 nitrogen and oxygen atoms in total. The minimum atomic E-state index is -3.81. The van der Waals surface area contributed by atoms with E-state index >= 15 is 0 Å². The van der Waals surface area contributed by atoms with Gasteiger partial charge < -0.3 is 9.64 Å². The summed E-state index contributed by atoms with van der Waals surface area (Å²) in [5.74, 6) is -0.382. The third-order valence-electron chi connectivity index (χ3n) is 4.93. The summed E-state index contributed by atoms with van der Waals surface area (Å²) in [5.41, 5.74) is 0. The minimum absolute atomic E-state index is 0.0843. The van der Waals surface area contributed by atoms with E-state index in [1.165, 1.54) is 32.6 Å². The number of amides is 1. The van der Waals surface area contributed by atoms with Crippen LogP contribution in [0.15, 0.2) is 35.2 Å². The van der Waals surface area contributed by atoms with E-state index in [0.717, 1.165) is 0 Å². The third-order valence-corrected chi connectivity index (χ3v) is 8.52. The highest BCUT2D eigenvalue weighted by molar-refractivity contribution is 7.89. The van der Waals surface area contributed by atoms with Crippen molar-refractivity contribution in [1.29, 1.82) is 0 Å². The number of sulfonamides is 1. The van der Waals surface area contributed by atoms with Crippen molar-refractivity contribution < 1.29 is 26.4 Å². The molecular weight excluding hydrogens is 420 g/mol. The van der Waals surface area contributed by atoms with Crippen LogP contribution in [-0.2, 0) is 29.8 Å². The number of nitrogens with one attached hydrogen (secondary N) is 1. The molecule has 0 bridgehead atoms. The zero-order chi connectivity index (χ0) is 21.1. The lowest BCUT2D eigenvalue weighted by Crippen LogP contribution is -2.58. The summed E-state index contributed by atoms with van der Waals surface area (Å²) in [4.78, 5) is 14.2. The van der Waals surface area contributed by atoms with Gasteiger partial charge in [0.25, 0.3) is 10.2 Å². The van der Waals surface area contributed by atoms with Crippen molar-refractivity contribution in [3.63, 3.8) is 0 Å². The van der Waals surface area contributed by atoms with Crippen LogP contribution in [0.4, 0.5) is 0 Å². The van der Waals surface area contributed by atoms with Gasteiger partial charge in [-0.2, -0.15) is 21.8 Å². The molecule has 162 valence electrons. The largest absolute Gasteiger partial charge is 0.379 e. The molecule has 1 amide bonds. The van der Waals surface area contributed by atoms with Gasteiger partial charge in [-0.15, -0.1) is 0 Å². The number of nitrogens with zero attached hydrogens (tertiary/aromatic N) is 3. The van der Waals surface area contributed by atoms with Crippen molar-refractivity contribution in [3.05, 3.63) is 30.3 Å². The minimum Gasteiger partial charge on any atom is -0.379 e. The Kier molecular flexibility index (Phi) is 6.91. The van der Waals surface area contributed by atoms with E-state index in [4.69, 9.17) is 4.74 Å². The van der Waals surface area contributed by atoms with Crippen LogP contribution in [0.5, 0.6) is 0 Å². The van der Waals surface area contributed by atoms with Crippen molar-refractivity contribution in [2.24, 2.45) is 0 Å². The second-order valence-electron chi connectivity index (χ2n) is 6.90. The lowest BCUT2D eigenvalue weighted by Gasteiger charge is -2.38. The smallest absolute Gasteiger partial charge is 0.282 e. The zero-order valence-corrected chi connectivity index (χ0v) is 17.9. The van der Waals surface area contributed by atoms with Crippen molar-refractivity contribution in [3.8, 4) is 0 Å². The first-order valence-corrected chi connectivity index (χ1v) is 12.3. The maximum atomic E-state index is 12.7. The highest BCUT2D eigenvalue weighted by Gasteiger charge is 2.35. The molecule has 2 heterocycles. The number of hydrogen-bond acceptors (Lipinski definition) is 6. The van der Waals surface area contributed by atoms with Crippen molar-refractivity contribution in [2.75, 3.05) is 52.5 Å². The van der Waals surface area contributed by atoms with Gasteiger partial charge in [-0.25, -0.2) is 8.42 Å². The fraction of sp³-hybridized carbons (Fsp3) is 0.588. The molecule has 2 aliphatic heterocycles. The van der Waals surface area contributed by atoms with Gasteiger partial charge in [-0.05, 0) is 19.1 Å². The molecule has 29 heavy (non-hydrogen) atoms. The van der Waals surface area contributed by atoms with Gasteiger partial charge in [0.05, 0.1) is 24.2 Å². The molecule has 3 rings (SSSR count). The summed E-state index contributed by atoms with van der Waals surface area (Å²) >= 11 is 0. The average Bonchev–Trinajstić information content (AvgIpc) is 2.74. The molecule has 2 aliphatic rings. The van der Waals surface area contributed by atoms with Crippen LogP contribution in [0.3, 0.4) is 0 Å². The molecule has 1 N–H and O–H groups in total. The number of hydrogen-bond donors (Lipinski definition) is 1. The fourth-order valence-electron chi connectivity index (χ4n) is 3.30. The Morgan fingerprint density at radius 2 is 1.48 bits per heavy atom. The maximum absolute atomic E-state index is 12.7. The van der Waals surface area contributed by atoms with Crippen molar-refractivity contribution in [2.45, 2.75) is 17.9 Å². The molecule has 0 unspecified atom stereocenters. The number of rotatable bonds is 6. The Morgan fingerprint density at radius 1 is 0.931 bits per heavy atom. The number of ether oxygens (including phenoxy) is 1. The van der Waals surface area contributed by atoms with Crippen LogP contribution in [0.1, 0.15) is 6.92 Å². The first-order chi connectivity index (χ1) is 13.7. The van der Waals surface area contributed by atoms with E-state index in [-0.39, 0.29) is 37.0 Å². The molecule has 2 saturated heterocycles. The number of benzene rings is 1. The topological polar surface area (TPSA) is 116 Å². The van der Waals surface area contributed by atoms with Crippen LogP contribution >= 0.6 is 0 Å². The first kappa shape index (κ1) is 22.1. The van der Waals surface area contributed by atoms with Crippen LogP contribution in [0, 0.1) is 0 Å². The summed E-state index contributed by atoms with van der Waals surface area (Å²) in [6, 6.07) is 6.87. The van der Waals surface area contributed by atoms with Gasteiger partial charge in [0, 0.05) is 39.3 Å². The maximum Gasteiger partial charge on any atom is 0.282 e. The number of carbonyl (C=O) groups is 1. The summed E-state index contributed by atoms with van der Waals surface area (Å²) in [5, 5.41) is 0. The van der Waals surface area contributed by atoms with Crippen LogP contribution in [0.25, 0.3) is 0 Å². The Morgan fingerprint density at radius 3 is 2.07 bits per heavy atom. The zero-order valence-electron chi connectivity index (χ0n) is 16.2. The average molecular weight is 447 g/mol. The van der Waals surface area contributed by atoms with E-state index < -0.39 is 26.3 Å². The number of carbonyl (C=O) groups excluding carboxylic acids is 1. The number of morpholine rings is 1. The lowest BCUT2D eigenvalue weighted by atomic mass is 10.2. The van der Waals surface area contributed by atoms with E-state index in [9.17, 15) is 21.6 Å². The van der Waals surface area contributed by atoms with E-state index in [1.54, 1.807) is 18.2 Å². The quantitative estimate of drug-likeness (QED) is 0.604. The fourth-order valence-corrected chi connectivity index (χ4v) is 6.08. The summed E-state index contributed by atoms with van der Waals surface area (Å²) in [7, 11) is -7.40. The predicted molar refractivity (Wildman–Crippen MR) is 106 cm³/mol.